The Kier molecular flexibility index (Phi) is 2.18. The Hall–Kier alpha value is -0.570. The monoisotopic (exact) mass is 157 g/mol. The summed E-state index contributed by atoms with van der Waals surface area (Å²) < 4.78 is 0. The summed E-state index contributed by atoms with van der Waals surface area (Å²) in [6.45, 7) is 5.56. The fourth-order valence-electron chi connectivity index (χ4n) is 1.38. The fourth-order valence-corrected chi connectivity index (χ4v) is 1.38. The topological polar surface area (TPSA) is 40.5 Å². The van der Waals surface area contributed by atoms with Crippen LogP contribution in [0.1, 0.15) is 20.3 Å². The molecule has 0 aliphatic carbocycles. The lowest BCUT2D eigenvalue weighted by Crippen LogP contribution is -2.57. The van der Waals surface area contributed by atoms with Crippen LogP contribution in [0.5, 0.6) is 0 Å². The molecule has 11 heavy (non-hydrogen) atoms. The average Bonchev–Trinajstić information content (AvgIpc) is 1.97. The summed E-state index contributed by atoms with van der Waals surface area (Å²) >= 11 is 0. The quantitative estimate of drug-likeness (QED) is 0.623. The third-order valence-corrected chi connectivity index (χ3v) is 2.49. The van der Waals surface area contributed by atoms with Crippen molar-refractivity contribution in [1.29, 1.82) is 0 Å². The van der Waals surface area contributed by atoms with Crippen LogP contribution in [0.15, 0.2) is 0 Å². The van der Waals surface area contributed by atoms with Crippen LogP contribution < -0.4 is 0 Å². The standard InChI is InChI=1S/C8H15NO2/c1-3-8(2)5-9(6-8)7(11)4-10/h10H,3-6H2,1-2H3. The molecule has 0 aromatic rings. The van der Waals surface area contributed by atoms with E-state index in [0.29, 0.717) is 5.41 Å². The van der Waals surface area contributed by atoms with Crippen molar-refractivity contribution in [1.82, 2.24) is 4.90 Å². The number of amides is 1. The Morgan fingerprint density at radius 2 is 2.18 bits per heavy atom. The van der Waals surface area contributed by atoms with Gasteiger partial charge in [0.2, 0.25) is 5.91 Å². The summed E-state index contributed by atoms with van der Waals surface area (Å²) in [6.07, 6.45) is 1.10. The first-order valence-corrected chi connectivity index (χ1v) is 4.00. The fraction of sp³-hybridized carbons (Fsp3) is 0.875. The zero-order chi connectivity index (χ0) is 8.48. The highest BCUT2D eigenvalue weighted by Crippen LogP contribution is 2.32. The molecular weight excluding hydrogens is 142 g/mol. The molecule has 1 fully saturated rings. The van der Waals surface area contributed by atoms with E-state index in [2.05, 4.69) is 13.8 Å². The first-order chi connectivity index (χ1) is 5.11. The smallest absolute Gasteiger partial charge is 0.248 e. The van der Waals surface area contributed by atoms with Crippen molar-refractivity contribution in [3.05, 3.63) is 0 Å². The van der Waals surface area contributed by atoms with Gasteiger partial charge < -0.3 is 10.0 Å². The largest absolute Gasteiger partial charge is 0.387 e. The Labute approximate surface area is 67.0 Å². The van der Waals surface area contributed by atoms with Crippen molar-refractivity contribution in [2.24, 2.45) is 5.41 Å². The number of hydrogen-bond acceptors (Lipinski definition) is 2. The molecule has 1 aliphatic heterocycles. The van der Waals surface area contributed by atoms with Crippen LogP contribution >= 0.6 is 0 Å². The van der Waals surface area contributed by atoms with Gasteiger partial charge in [-0.1, -0.05) is 13.8 Å². The predicted molar refractivity (Wildman–Crippen MR) is 42.1 cm³/mol. The molecule has 3 heteroatoms. The van der Waals surface area contributed by atoms with E-state index in [0.717, 1.165) is 19.5 Å². The van der Waals surface area contributed by atoms with E-state index in [9.17, 15) is 4.79 Å². The number of hydrogen-bond donors (Lipinski definition) is 1. The number of aliphatic hydroxyl groups is 1. The molecule has 64 valence electrons. The molecule has 0 aromatic heterocycles. The van der Waals surface area contributed by atoms with E-state index < -0.39 is 0 Å². The van der Waals surface area contributed by atoms with Gasteiger partial charge >= 0.3 is 0 Å². The van der Waals surface area contributed by atoms with Gasteiger partial charge in [-0.15, -0.1) is 0 Å². The van der Waals surface area contributed by atoms with E-state index in [1.807, 2.05) is 0 Å². The Balaban J connectivity index is 2.34. The zero-order valence-corrected chi connectivity index (χ0v) is 7.13. The molecule has 0 unspecified atom stereocenters. The average molecular weight is 157 g/mol. The molecule has 0 aromatic carbocycles. The van der Waals surface area contributed by atoms with Gasteiger partial charge in [-0.05, 0) is 6.42 Å². The van der Waals surface area contributed by atoms with Gasteiger partial charge in [0.15, 0.2) is 0 Å². The van der Waals surface area contributed by atoms with E-state index in [1.54, 1.807) is 4.90 Å². The van der Waals surface area contributed by atoms with Crippen LogP contribution in [0.25, 0.3) is 0 Å². The molecule has 1 heterocycles. The van der Waals surface area contributed by atoms with Crippen molar-refractivity contribution < 1.29 is 9.90 Å². The van der Waals surface area contributed by atoms with Crippen molar-refractivity contribution in [2.75, 3.05) is 19.7 Å². The van der Waals surface area contributed by atoms with Gasteiger partial charge in [0.25, 0.3) is 0 Å². The first kappa shape index (κ1) is 8.53. The molecule has 0 saturated carbocycles. The number of rotatable bonds is 2. The third-order valence-electron chi connectivity index (χ3n) is 2.49. The Morgan fingerprint density at radius 3 is 2.55 bits per heavy atom. The lowest BCUT2D eigenvalue weighted by molar-refractivity contribution is -0.145. The molecule has 0 bridgehead atoms. The highest BCUT2D eigenvalue weighted by atomic mass is 16.3. The minimum Gasteiger partial charge on any atom is -0.387 e. The Morgan fingerprint density at radius 1 is 1.64 bits per heavy atom. The molecule has 1 amide bonds. The molecule has 0 spiro atoms. The molecule has 1 aliphatic rings. The number of carbonyl (C=O) groups excluding carboxylic acids is 1. The minimum atomic E-state index is -0.347. The van der Waals surface area contributed by atoms with Crippen LogP contribution in [-0.2, 0) is 4.79 Å². The van der Waals surface area contributed by atoms with E-state index in [1.165, 1.54) is 0 Å². The zero-order valence-electron chi connectivity index (χ0n) is 7.13. The molecule has 0 atom stereocenters. The Bertz CT molecular complexity index is 161. The lowest BCUT2D eigenvalue weighted by Gasteiger charge is -2.47. The molecule has 1 N–H and O–H groups in total. The molecule has 1 rings (SSSR count). The van der Waals surface area contributed by atoms with Crippen LogP contribution in [0, 0.1) is 5.41 Å². The van der Waals surface area contributed by atoms with E-state index >= 15 is 0 Å². The van der Waals surface area contributed by atoms with Gasteiger partial charge in [0, 0.05) is 18.5 Å². The molecule has 1 saturated heterocycles. The summed E-state index contributed by atoms with van der Waals surface area (Å²) in [5.74, 6) is -0.143. The second-order valence-electron chi connectivity index (χ2n) is 3.57. The van der Waals surface area contributed by atoms with Gasteiger partial charge in [-0.25, -0.2) is 0 Å². The van der Waals surface area contributed by atoms with Gasteiger partial charge in [-0.3, -0.25) is 4.79 Å². The first-order valence-electron chi connectivity index (χ1n) is 4.00. The van der Waals surface area contributed by atoms with Gasteiger partial charge in [0.05, 0.1) is 0 Å². The van der Waals surface area contributed by atoms with E-state index in [-0.39, 0.29) is 12.5 Å². The SMILES string of the molecule is CCC1(C)CN(C(=O)CO)C1. The second kappa shape index (κ2) is 2.81. The van der Waals surface area contributed by atoms with Crippen molar-refractivity contribution in [3.63, 3.8) is 0 Å². The second-order valence-corrected chi connectivity index (χ2v) is 3.57. The lowest BCUT2D eigenvalue weighted by atomic mass is 9.79. The van der Waals surface area contributed by atoms with Crippen molar-refractivity contribution in [2.45, 2.75) is 20.3 Å². The summed E-state index contributed by atoms with van der Waals surface area (Å²) in [5, 5.41) is 8.52. The van der Waals surface area contributed by atoms with E-state index in [4.69, 9.17) is 5.11 Å². The van der Waals surface area contributed by atoms with Crippen LogP contribution in [0.2, 0.25) is 0 Å². The highest BCUT2D eigenvalue weighted by molar-refractivity contribution is 5.78. The van der Waals surface area contributed by atoms with Crippen LogP contribution in [-0.4, -0.2) is 35.6 Å². The highest BCUT2D eigenvalue weighted by Gasteiger charge is 2.38. The number of nitrogens with zero attached hydrogens (tertiary/aromatic N) is 1. The maximum atomic E-state index is 10.9. The summed E-state index contributed by atoms with van der Waals surface area (Å²) in [6, 6.07) is 0. The molecular formula is C8H15NO2. The summed E-state index contributed by atoms with van der Waals surface area (Å²) in [4.78, 5) is 12.6. The maximum Gasteiger partial charge on any atom is 0.248 e. The van der Waals surface area contributed by atoms with Crippen LogP contribution in [0.3, 0.4) is 0 Å². The maximum absolute atomic E-state index is 10.9. The third kappa shape index (κ3) is 1.53. The number of carbonyl (C=O) groups is 1. The number of aliphatic hydroxyl groups excluding tert-OH is 1. The predicted octanol–water partition coefficient (Wildman–Crippen LogP) is 0.237. The molecule has 3 nitrogen and oxygen atoms in total. The van der Waals surface area contributed by atoms with Gasteiger partial charge in [0.1, 0.15) is 6.61 Å². The van der Waals surface area contributed by atoms with Crippen molar-refractivity contribution in [3.8, 4) is 0 Å². The number of likely N-dealkylation sites (tertiary alicyclic amines) is 1. The minimum absolute atomic E-state index is 0.143. The van der Waals surface area contributed by atoms with Crippen LogP contribution in [0.4, 0.5) is 0 Å². The van der Waals surface area contributed by atoms with Crippen molar-refractivity contribution >= 4 is 5.91 Å². The summed E-state index contributed by atoms with van der Waals surface area (Å²) in [5.41, 5.74) is 0.310. The molecule has 0 radical (unpaired) electrons. The summed E-state index contributed by atoms with van der Waals surface area (Å²) in [7, 11) is 0. The van der Waals surface area contributed by atoms with Gasteiger partial charge in [-0.2, -0.15) is 0 Å². The normalized spacial score (nSPS) is 21.2.